The Bertz CT molecular complexity index is 526. The van der Waals surface area contributed by atoms with Crippen molar-refractivity contribution in [2.45, 2.75) is 6.54 Å². The van der Waals surface area contributed by atoms with Gasteiger partial charge in [-0.25, -0.2) is 8.42 Å². The molecule has 1 amide bonds. The maximum atomic E-state index is 11.7. The van der Waals surface area contributed by atoms with Gasteiger partial charge in [0.15, 0.2) is 0 Å². The molecule has 5 nitrogen and oxygen atoms in total. The number of carbonyl (C=O) groups excluding carboxylic acids is 1. The molecule has 104 valence electrons. The molecular formula is C13H18N2O3S. The third-order valence-corrected chi connectivity index (χ3v) is 3.63. The molecule has 0 saturated heterocycles. The molecule has 0 aliphatic rings. The topological polar surface area (TPSA) is 66.5 Å². The highest BCUT2D eigenvalue weighted by Crippen LogP contribution is 2.07. The largest absolute Gasteiger partial charge is 0.351 e. The number of nitrogens with zero attached hydrogens (tertiary/aromatic N) is 1. The second kappa shape index (κ2) is 7.06. The summed E-state index contributed by atoms with van der Waals surface area (Å²) in [6, 6.07) is 9.14. The summed E-state index contributed by atoms with van der Waals surface area (Å²) in [5.41, 5.74) is 0.837. The fraction of sp³-hybridized carbons (Fsp3) is 0.308. The van der Waals surface area contributed by atoms with Gasteiger partial charge in [0.1, 0.15) is 0 Å². The molecular weight excluding hydrogens is 264 g/mol. The van der Waals surface area contributed by atoms with Crippen LogP contribution in [0.15, 0.2) is 43.0 Å². The van der Waals surface area contributed by atoms with Gasteiger partial charge in [-0.1, -0.05) is 36.4 Å². The van der Waals surface area contributed by atoms with E-state index in [1.807, 2.05) is 30.3 Å². The minimum Gasteiger partial charge on any atom is -0.351 e. The second-order valence-corrected chi connectivity index (χ2v) is 6.09. The number of benzene rings is 1. The van der Waals surface area contributed by atoms with Gasteiger partial charge in [-0.3, -0.25) is 4.79 Å². The predicted octanol–water partition coefficient (Wildman–Crippen LogP) is 0.750. The van der Waals surface area contributed by atoms with E-state index in [0.29, 0.717) is 6.54 Å². The first-order valence-electron chi connectivity index (χ1n) is 5.80. The SMILES string of the molecule is C=CCNC(=O)CN(Cc1ccccc1)S(C)(=O)=O. The number of sulfonamides is 1. The fourth-order valence-electron chi connectivity index (χ4n) is 1.48. The zero-order valence-electron chi connectivity index (χ0n) is 10.9. The molecule has 19 heavy (non-hydrogen) atoms. The van der Waals surface area contributed by atoms with Gasteiger partial charge >= 0.3 is 0 Å². The van der Waals surface area contributed by atoms with Crippen LogP contribution in [-0.2, 0) is 21.4 Å². The van der Waals surface area contributed by atoms with Gasteiger partial charge in [0.25, 0.3) is 0 Å². The Balaban J connectivity index is 2.74. The second-order valence-electron chi connectivity index (χ2n) is 4.11. The minimum atomic E-state index is -3.44. The molecule has 1 rings (SSSR count). The van der Waals surface area contributed by atoms with Crippen LogP contribution in [0.5, 0.6) is 0 Å². The third kappa shape index (κ3) is 5.67. The van der Waals surface area contributed by atoms with Gasteiger partial charge < -0.3 is 5.32 Å². The molecule has 0 aliphatic carbocycles. The van der Waals surface area contributed by atoms with Crippen LogP contribution in [0.4, 0.5) is 0 Å². The molecule has 1 N–H and O–H groups in total. The van der Waals surface area contributed by atoms with E-state index >= 15 is 0 Å². The van der Waals surface area contributed by atoms with Crippen molar-refractivity contribution < 1.29 is 13.2 Å². The van der Waals surface area contributed by atoms with Crippen LogP contribution in [0.3, 0.4) is 0 Å². The Kier molecular flexibility index (Phi) is 5.72. The number of hydrogen-bond donors (Lipinski definition) is 1. The summed E-state index contributed by atoms with van der Waals surface area (Å²) in [5.74, 6) is -0.346. The first-order valence-corrected chi connectivity index (χ1v) is 7.65. The van der Waals surface area contributed by atoms with Crippen LogP contribution in [0.2, 0.25) is 0 Å². The number of nitrogens with one attached hydrogen (secondary N) is 1. The normalized spacial score (nSPS) is 11.3. The Morgan fingerprint density at radius 1 is 1.37 bits per heavy atom. The highest BCUT2D eigenvalue weighted by atomic mass is 32.2. The maximum Gasteiger partial charge on any atom is 0.235 e. The van der Waals surface area contributed by atoms with E-state index in [-0.39, 0.29) is 19.0 Å². The molecule has 0 fully saturated rings. The summed E-state index contributed by atoms with van der Waals surface area (Å²) in [7, 11) is -3.44. The molecule has 0 radical (unpaired) electrons. The minimum absolute atomic E-state index is 0.182. The van der Waals surface area contributed by atoms with Crippen molar-refractivity contribution in [3.05, 3.63) is 48.6 Å². The van der Waals surface area contributed by atoms with Crippen molar-refractivity contribution in [1.82, 2.24) is 9.62 Å². The highest BCUT2D eigenvalue weighted by molar-refractivity contribution is 7.88. The third-order valence-electron chi connectivity index (χ3n) is 2.43. The smallest absolute Gasteiger partial charge is 0.235 e. The zero-order chi connectivity index (χ0) is 14.3. The van der Waals surface area contributed by atoms with Crippen molar-refractivity contribution >= 4 is 15.9 Å². The van der Waals surface area contributed by atoms with Gasteiger partial charge in [-0.2, -0.15) is 4.31 Å². The van der Waals surface area contributed by atoms with Crippen molar-refractivity contribution in [3.8, 4) is 0 Å². The summed E-state index contributed by atoms with van der Waals surface area (Å²) in [4.78, 5) is 11.6. The van der Waals surface area contributed by atoms with Crippen LogP contribution in [0.1, 0.15) is 5.56 Å². The molecule has 0 aliphatic heterocycles. The van der Waals surface area contributed by atoms with Crippen molar-refractivity contribution in [2.24, 2.45) is 0 Å². The van der Waals surface area contributed by atoms with Gasteiger partial charge in [0, 0.05) is 13.1 Å². The molecule has 6 heteroatoms. The van der Waals surface area contributed by atoms with Crippen molar-refractivity contribution in [1.29, 1.82) is 0 Å². The molecule has 0 aromatic heterocycles. The van der Waals surface area contributed by atoms with Crippen LogP contribution in [0, 0.1) is 0 Å². The Hall–Kier alpha value is -1.66. The molecule has 0 heterocycles. The summed E-state index contributed by atoms with van der Waals surface area (Å²) in [6.07, 6.45) is 2.64. The van der Waals surface area contributed by atoms with E-state index in [9.17, 15) is 13.2 Å². The Morgan fingerprint density at radius 2 is 2.00 bits per heavy atom. The van der Waals surface area contributed by atoms with E-state index in [4.69, 9.17) is 0 Å². The summed E-state index contributed by atoms with van der Waals surface area (Å²) < 4.78 is 24.5. The molecule has 1 aromatic carbocycles. The molecule has 0 spiro atoms. The molecule has 0 bridgehead atoms. The highest BCUT2D eigenvalue weighted by Gasteiger charge is 2.19. The Morgan fingerprint density at radius 3 is 2.53 bits per heavy atom. The Labute approximate surface area is 114 Å². The van der Waals surface area contributed by atoms with Crippen molar-refractivity contribution in [2.75, 3.05) is 19.3 Å². The number of hydrogen-bond acceptors (Lipinski definition) is 3. The number of carbonyl (C=O) groups is 1. The van der Waals surface area contributed by atoms with Crippen LogP contribution < -0.4 is 5.32 Å². The quantitative estimate of drug-likeness (QED) is 0.751. The lowest BCUT2D eigenvalue weighted by atomic mass is 10.2. The molecule has 0 atom stereocenters. The van der Waals surface area contributed by atoms with Crippen molar-refractivity contribution in [3.63, 3.8) is 0 Å². The summed E-state index contributed by atoms with van der Waals surface area (Å²) in [5, 5.41) is 2.56. The monoisotopic (exact) mass is 282 g/mol. The lowest BCUT2D eigenvalue weighted by Gasteiger charge is -2.19. The van der Waals surface area contributed by atoms with Gasteiger partial charge in [0.2, 0.25) is 15.9 Å². The fourth-order valence-corrected chi connectivity index (χ4v) is 2.21. The number of rotatable bonds is 7. The lowest BCUT2D eigenvalue weighted by Crippen LogP contribution is -2.39. The van der Waals surface area contributed by atoms with Crippen LogP contribution >= 0.6 is 0 Å². The van der Waals surface area contributed by atoms with E-state index in [2.05, 4.69) is 11.9 Å². The molecule has 1 aromatic rings. The zero-order valence-corrected chi connectivity index (χ0v) is 11.7. The van der Waals surface area contributed by atoms with Gasteiger partial charge in [-0.05, 0) is 5.56 Å². The van der Waals surface area contributed by atoms with E-state index < -0.39 is 10.0 Å². The van der Waals surface area contributed by atoms with E-state index in [0.717, 1.165) is 16.1 Å². The van der Waals surface area contributed by atoms with E-state index in [1.54, 1.807) is 6.08 Å². The first kappa shape index (κ1) is 15.4. The lowest BCUT2D eigenvalue weighted by molar-refractivity contribution is -0.121. The van der Waals surface area contributed by atoms with Crippen LogP contribution in [-0.4, -0.2) is 38.0 Å². The predicted molar refractivity (Wildman–Crippen MR) is 74.9 cm³/mol. The maximum absolute atomic E-state index is 11.7. The van der Waals surface area contributed by atoms with E-state index in [1.165, 1.54) is 0 Å². The molecule has 0 saturated carbocycles. The standard InChI is InChI=1S/C13H18N2O3S/c1-3-9-14-13(16)11-15(19(2,17)18)10-12-7-5-4-6-8-12/h3-8H,1,9-11H2,2H3,(H,14,16). The number of amides is 1. The first-order chi connectivity index (χ1) is 8.93. The average Bonchev–Trinajstić information content (AvgIpc) is 2.36. The van der Waals surface area contributed by atoms with Gasteiger partial charge in [-0.15, -0.1) is 6.58 Å². The molecule has 0 unspecified atom stereocenters. The van der Waals surface area contributed by atoms with Gasteiger partial charge in [0.05, 0.1) is 12.8 Å². The summed E-state index contributed by atoms with van der Waals surface area (Å²) in [6.45, 7) is 3.79. The van der Waals surface area contributed by atoms with Crippen LogP contribution in [0.25, 0.3) is 0 Å². The summed E-state index contributed by atoms with van der Waals surface area (Å²) >= 11 is 0. The average molecular weight is 282 g/mol.